The number of aliphatic carboxylic acids is 1. The van der Waals surface area contributed by atoms with Crippen LogP contribution >= 0.6 is 0 Å². The molecule has 27 heavy (non-hydrogen) atoms. The van der Waals surface area contributed by atoms with Gasteiger partial charge in [-0.2, -0.15) is 0 Å². The van der Waals surface area contributed by atoms with E-state index in [4.69, 9.17) is 5.11 Å². The lowest BCUT2D eigenvalue weighted by Gasteiger charge is -2.31. The summed E-state index contributed by atoms with van der Waals surface area (Å²) in [5.74, 6) is -0.686. The minimum atomic E-state index is -0.903. The van der Waals surface area contributed by atoms with E-state index in [-0.39, 0.29) is 17.9 Å². The van der Waals surface area contributed by atoms with Gasteiger partial charge in [0.05, 0.1) is 11.4 Å². The highest BCUT2D eigenvalue weighted by atomic mass is 16.4. The second-order valence-corrected chi connectivity index (χ2v) is 7.22. The Labute approximate surface area is 158 Å². The molecule has 2 atom stereocenters. The van der Waals surface area contributed by atoms with Crippen molar-refractivity contribution in [1.82, 2.24) is 20.5 Å². The molecule has 144 valence electrons. The van der Waals surface area contributed by atoms with Crippen LogP contribution in [0.2, 0.25) is 0 Å². The number of para-hydroxylation sites is 1. The molecule has 2 N–H and O–H groups in total. The van der Waals surface area contributed by atoms with Crippen LogP contribution in [0.4, 0.5) is 5.95 Å². The standard InChI is InChI=1S/C19H25N5O3/c1-12(18(26)27)13(2)20-17(25)11-14-7-9-24(10-8-14)19-21-15-5-3-4-6-16(15)22-23-19/h3-6,12-14H,7-11H2,1-2H3,(H,20,25)(H,26,27). The first-order valence-electron chi connectivity index (χ1n) is 9.30. The van der Waals surface area contributed by atoms with Crippen molar-refractivity contribution in [2.24, 2.45) is 11.8 Å². The summed E-state index contributed by atoms with van der Waals surface area (Å²) in [6, 6.07) is 7.26. The molecular formula is C19H25N5O3. The molecule has 1 saturated heterocycles. The topological polar surface area (TPSA) is 108 Å². The number of carboxylic acid groups (broad SMARTS) is 1. The number of carbonyl (C=O) groups is 2. The van der Waals surface area contributed by atoms with Gasteiger partial charge in [-0.1, -0.05) is 12.1 Å². The first kappa shape index (κ1) is 19.0. The van der Waals surface area contributed by atoms with Crippen molar-refractivity contribution < 1.29 is 14.7 Å². The first-order chi connectivity index (χ1) is 12.9. The van der Waals surface area contributed by atoms with Gasteiger partial charge in [0.2, 0.25) is 11.9 Å². The van der Waals surface area contributed by atoms with Gasteiger partial charge in [0.1, 0.15) is 5.52 Å². The van der Waals surface area contributed by atoms with E-state index in [1.807, 2.05) is 24.3 Å². The summed E-state index contributed by atoms with van der Waals surface area (Å²) >= 11 is 0. The molecule has 2 heterocycles. The summed E-state index contributed by atoms with van der Waals surface area (Å²) in [6.07, 6.45) is 2.15. The molecule has 0 radical (unpaired) electrons. The van der Waals surface area contributed by atoms with Gasteiger partial charge in [0, 0.05) is 25.6 Å². The fourth-order valence-electron chi connectivity index (χ4n) is 3.26. The lowest BCUT2D eigenvalue weighted by molar-refractivity contribution is -0.142. The third-order valence-electron chi connectivity index (χ3n) is 5.25. The van der Waals surface area contributed by atoms with Crippen molar-refractivity contribution >= 4 is 28.9 Å². The molecule has 8 nitrogen and oxygen atoms in total. The number of amides is 1. The van der Waals surface area contributed by atoms with Crippen LogP contribution < -0.4 is 10.2 Å². The number of nitrogens with zero attached hydrogens (tertiary/aromatic N) is 4. The summed E-state index contributed by atoms with van der Waals surface area (Å²) in [6.45, 7) is 4.88. The largest absolute Gasteiger partial charge is 0.481 e. The van der Waals surface area contributed by atoms with Gasteiger partial charge in [-0.3, -0.25) is 9.59 Å². The molecule has 1 amide bonds. The molecule has 3 rings (SSSR count). The van der Waals surface area contributed by atoms with Gasteiger partial charge in [0.25, 0.3) is 0 Å². The molecule has 0 bridgehead atoms. The van der Waals surface area contributed by atoms with Crippen LogP contribution in [0.3, 0.4) is 0 Å². The van der Waals surface area contributed by atoms with Gasteiger partial charge in [-0.15, -0.1) is 10.2 Å². The predicted molar refractivity (Wildman–Crippen MR) is 101 cm³/mol. The number of carboxylic acids is 1. The highest BCUT2D eigenvalue weighted by molar-refractivity contribution is 5.78. The van der Waals surface area contributed by atoms with Gasteiger partial charge < -0.3 is 15.3 Å². The monoisotopic (exact) mass is 371 g/mol. The molecule has 8 heteroatoms. The predicted octanol–water partition coefficient (Wildman–Crippen LogP) is 1.86. The molecule has 1 aromatic heterocycles. The Bertz CT molecular complexity index is 820. The number of anilines is 1. The maximum atomic E-state index is 12.2. The molecule has 0 saturated carbocycles. The fraction of sp³-hybridized carbons (Fsp3) is 0.526. The summed E-state index contributed by atoms with van der Waals surface area (Å²) in [4.78, 5) is 29.9. The van der Waals surface area contributed by atoms with E-state index < -0.39 is 11.9 Å². The summed E-state index contributed by atoms with van der Waals surface area (Å²) in [5.41, 5.74) is 1.60. The van der Waals surface area contributed by atoms with E-state index in [0.717, 1.165) is 37.0 Å². The summed E-state index contributed by atoms with van der Waals surface area (Å²) in [5, 5.41) is 20.3. The van der Waals surface area contributed by atoms with Crippen molar-refractivity contribution in [1.29, 1.82) is 0 Å². The minimum Gasteiger partial charge on any atom is -0.481 e. The number of fused-ring (bicyclic) bond motifs is 1. The smallest absolute Gasteiger partial charge is 0.308 e. The van der Waals surface area contributed by atoms with E-state index in [2.05, 4.69) is 25.4 Å². The molecule has 0 aliphatic carbocycles. The van der Waals surface area contributed by atoms with Crippen molar-refractivity contribution in [3.63, 3.8) is 0 Å². The van der Waals surface area contributed by atoms with Crippen LogP contribution in [0.1, 0.15) is 33.1 Å². The number of benzene rings is 1. The number of aromatic nitrogens is 3. The Kier molecular flexibility index (Phi) is 5.83. The van der Waals surface area contributed by atoms with E-state index in [1.165, 1.54) is 0 Å². The van der Waals surface area contributed by atoms with Crippen LogP contribution in [-0.2, 0) is 9.59 Å². The fourth-order valence-corrected chi connectivity index (χ4v) is 3.26. The van der Waals surface area contributed by atoms with Crippen LogP contribution in [-0.4, -0.2) is 51.3 Å². The zero-order valence-corrected chi connectivity index (χ0v) is 15.6. The average Bonchev–Trinajstić information content (AvgIpc) is 2.67. The van der Waals surface area contributed by atoms with Gasteiger partial charge in [0.15, 0.2) is 0 Å². The van der Waals surface area contributed by atoms with Crippen LogP contribution in [0.25, 0.3) is 11.0 Å². The molecule has 1 aliphatic rings. The Hall–Kier alpha value is -2.77. The highest BCUT2D eigenvalue weighted by Crippen LogP contribution is 2.23. The molecule has 2 unspecified atom stereocenters. The molecule has 1 aromatic carbocycles. The zero-order chi connectivity index (χ0) is 19.4. The lowest BCUT2D eigenvalue weighted by atomic mass is 9.93. The van der Waals surface area contributed by atoms with Crippen molar-refractivity contribution in [2.75, 3.05) is 18.0 Å². The average molecular weight is 371 g/mol. The summed E-state index contributed by atoms with van der Waals surface area (Å²) < 4.78 is 0. The van der Waals surface area contributed by atoms with E-state index in [9.17, 15) is 9.59 Å². The number of carbonyl (C=O) groups excluding carboxylic acids is 1. The first-order valence-corrected chi connectivity index (χ1v) is 9.30. The number of hydrogen-bond acceptors (Lipinski definition) is 6. The normalized spacial score (nSPS) is 17.5. The maximum absolute atomic E-state index is 12.2. The van der Waals surface area contributed by atoms with Crippen LogP contribution in [0, 0.1) is 11.8 Å². The third kappa shape index (κ3) is 4.69. The molecular weight excluding hydrogens is 346 g/mol. The number of hydrogen-bond donors (Lipinski definition) is 2. The Morgan fingerprint density at radius 3 is 2.52 bits per heavy atom. The van der Waals surface area contributed by atoms with Gasteiger partial charge in [-0.25, -0.2) is 4.98 Å². The molecule has 2 aromatic rings. The lowest BCUT2D eigenvalue weighted by Crippen LogP contribution is -2.42. The quantitative estimate of drug-likeness (QED) is 0.798. The minimum absolute atomic E-state index is 0.0855. The van der Waals surface area contributed by atoms with Crippen molar-refractivity contribution in [2.45, 2.75) is 39.2 Å². The van der Waals surface area contributed by atoms with Gasteiger partial charge >= 0.3 is 5.97 Å². The maximum Gasteiger partial charge on any atom is 0.308 e. The Morgan fingerprint density at radius 2 is 1.85 bits per heavy atom. The molecule has 1 aliphatic heterocycles. The van der Waals surface area contributed by atoms with Gasteiger partial charge in [-0.05, 0) is 44.7 Å². The van der Waals surface area contributed by atoms with E-state index in [0.29, 0.717) is 12.4 Å². The van der Waals surface area contributed by atoms with Crippen molar-refractivity contribution in [3.05, 3.63) is 24.3 Å². The third-order valence-corrected chi connectivity index (χ3v) is 5.25. The van der Waals surface area contributed by atoms with E-state index >= 15 is 0 Å². The van der Waals surface area contributed by atoms with Crippen molar-refractivity contribution in [3.8, 4) is 0 Å². The Balaban J connectivity index is 1.51. The SMILES string of the molecule is CC(NC(=O)CC1CCN(c2nnc3ccccc3n2)CC1)C(C)C(=O)O. The molecule has 1 fully saturated rings. The number of rotatable bonds is 6. The van der Waals surface area contributed by atoms with Crippen LogP contribution in [0.5, 0.6) is 0 Å². The van der Waals surface area contributed by atoms with E-state index in [1.54, 1.807) is 13.8 Å². The Morgan fingerprint density at radius 1 is 1.19 bits per heavy atom. The molecule has 0 spiro atoms. The second kappa shape index (κ2) is 8.28. The highest BCUT2D eigenvalue weighted by Gasteiger charge is 2.25. The zero-order valence-electron chi connectivity index (χ0n) is 15.6. The number of nitrogens with one attached hydrogen (secondary N) is 1. The number of piperidine rings is 1. The summed E-state index contributed by atoms with van der Waals surface area (Å²) in [7, 11) is 0. The second-order valence-electron chi connectivity index (χ2n) is 7.22. The van der Waals surface area contributed by atoms with Crippen LogP contribution in [0.15, 0.2) is 24.3 Å².